The third-order valence-corrected chi connectivity index (χ3v) is 6.94. The van der Waals surface area contributed by atoms with E-state index in [0.717, 1.165) is 11.6 Å². The Morgan fingerprint density at radius 2 is 1.79 bits per heavy atom. The molecule has 1 N–H and O–H groups in total. The van der Waals surface area contributed by atoms with Crippen molar-refractivity contribution in [2.75, 3.05) is 31.5 Å². The van der Waals surface area contributed by atoms with Crippen LogP contribution >= 0.6 is 0 Å². The summed E-state index contributed by atoms with van der Waals surface area (Å²) in [5.74, 6) is -1.14. The van der Waals surface area contributed by atoms with E-state index < -0.39 is 18.4 Å². The van der Waals surface area contributed by atoms with Crippen molar-refractivity contribution in [2.24, 2.45) is 0 Å². The van der Waals surface area contributed by atoms with Crippen molar-refractivity contribution in [3.05, 3.63) is 83.7 Å². The minimum Gasteiger partial charge on any atom is -0.433 e. The standard InChI is InChI=1S/C28H24F3N9O3/c1-16(41)33-19-14-20(29)24-21(15-19)34-26(43-24)18-7-8-32-22(13-18)27(42)39-11-9-38(10-12-39)23(17-5-3-2-4-6-17)25-35-37-40(36-25)28(30)31/h2-8,13-15,23,28H,9-12H2,1H3,(H,33,41). The number of aromatic nitrogens is 6. The van der Waals surface area contributed by atoms with Crippen molar-refractivity contribution in [1.82, 2.24) is 40.0 Å². The van der Waals surface area contributed by atoms with Crippen LogP contribution in [0.3, 0.4) is 0 Å². The van der Waals surface area contributed by atoms with Crippen LogP contribution in [-0.2, 0) is 4.79 Å². The zero-order valence-corrected chi connectivity index (χ0v) is 22.7. The third kappa shape index (κ3) is 5.79. The molecule has 1 fully saturated rings. The summed E-state index contributed by atoms with van der Waals surface area (Å²) in [7, 11) is 0. The average Bonchev–Trinajstić information content (AvgIpc) is 3.66. The highest BCUT2D eigenvalue weighted by Gasteiger charge is 2.32. The Balaban J connectivity index is 1.19. The van der Waals surface area contributed by atoms with Gasteiger partial charge in [0, 0.05) is 56.6 Å². The predicted molar refractivity (Wildman–Crippen MR) is 146 cm³/mol. The second-order valence-electron chi connectivity index (χ2n) is 9.82. The number of hydrogen-bond donors (Lipinski definition) is 1. The number of carbonyl (C=O) groups excluding carboxylic acids is 2. The number of halogens is 3. The summed E-state index contributed by atoms with van der Waals surface area (Å²) >= 11 is 0. The van der Waals surface area contributed by atoms with Crippen molar-refractivity contribution in [3.63, 3.8) is 0 Å². The SMILES string of the molecule is CC(=O)Nc1cc(F)c2oc(-c3ccnc(C(=O)N4CCN(C(c5ccccc5)c5nnn(C(F)F)n5)CC4)c3)nc2c1. The molecule has 1 saturated heterocycles. The zero-order chi connectivity index (χ0) is 30.1. The van der Waals surface area contributed by atoms with E-state index in [0.29, 0.717) is 31.7 Å². The van der Waals surface area contributed by atoms with Crippen LogP contribution in [0.15, 0.2) is 65.2 Å². The number of fused-ring (bicyclic) bond motifs is 1. The highest BCUT2D eigenvalue weighted by Crippen LogP contribution is 2.30. The monoisotopic (exact) mass is 591 g/mol. The van der Waals surface area contributed by atoms with Crippen LogP contribution in [0.2, 0.25) is 0 Å². The minimum absolute atomic E-state index is 0.0824. The Morgan fingerprint density at radius 3 is 2.49 bits per heavy atom. The summed E-state index contributed by atoms with van der Waals surface area (Å²) in [6.07, 6.45) is 1.44. The first-order valence-electron chi connectivity index (χ1n) is 13.3. The van der Waals surface area contributed by atoms with Crippen molar-refractivity contribution in [3.8, 4) is 11.5 Å². The third-order valence-electron chi connectivity index (χ3n) is 6.94. The highest BCUT2D eigenvalue weighted by molar-refractivity contribution is 5.94. The number of amides is 2. The Bertz CT molecular complexity index is 1790. The highest BCUT2D eigenvalue weighted by atomic mass is 19.3. The van der Waals surface area contributed by atoms with Gasteiger partial charge in [0.15, 0.2) is 17.2 Å². The van der Waals surface area contributed by atoms with Crippen LogP contribution in [0.1, 0.15) is 41.4 Å². The molecule has 0 radical (unpaired) electrons. The van der Waals surface area contributed by atoms with E-state index in [1.54, 1.807) is 11.0 Å². The maximum atomic E-state index is 14.6. The number of tetrazole rings is 1. The first-order valence-corrected chi connectivity index (χ1v) is 13.3. The van der Waals surface area contributed by atoms with E-state index >= 15 is 0 Å². The van der Waals surface area contributed by atoms with Gasteiger partial charge in [0.1, 0.15) is 11.2 Å². The van der Waals surface area contributed by atoms with E-state index in [4.69, 9.17) is 4.42 Å². The van der Waals surface area contributed by atoms with Gasteiger partial charge in [-0.1, -0.05) is 35.1 Å². The molecule has 6 rings (SSSR count). The van der Waals surface area contributed by atoms with Gasteiger partial charge in [-0.2, -0.15) is 8.78 Å². The number of alkyl halides is 2. The molecule has 4 heterocycles. The molecule has 1 atom stereocenters. The van der Waals surface area contributed by atoms with Crippen LogP contribution in [0.5, 0.6) is 0 Å². The fourth-order valence-corrected chi connectivity index (χ4v) is 5.00. The van der Waals surface area contributed by atoms with Gasteiger partial charge in [0.25, 0.3) is 5.91 Å². The van der Waals surface area contributed by atoms with Crippen LogP contribution in [0, 0.1) is 5.82 Å². The summed E-state index contributed by atoms with van der Waals surface area (Å²) in [6.45, 7) is -0.114. The fraction of sp³-hybridized carbons (Fsp3) is 0.250. The second-order valence-corrected chi connectivity index (χ2v) is 9.82. The molecule has 12 nitrogen and oxygen atoms in total. The van der Waals surface area contributed by atoms with Crippen LogP contribution in [0.4, 0.5) is 18.9 Å². The van der Waals surface area contributed by atoms with Gasteiger partial charge in [0.2, 0.25) is 11.8 Å². The molecule has 15 heteroatoms. The number of hydrogen-bond acceptors (Lipinski definition) is 9. The van der Waals surface area contributed by atoms with Gasteiger partial charge < -0.3 is 14.6 Å². The van der Waals surface area contributed by atoms with Crippen molar-refractivity contribution in [2.45, 2.75) is 19.5 Å². The molecule has 5 aromatic rings. The van der Waals surface area contributed by atoms with E-state index in [1.807, 2.05) is 35.2 Å². The van der Waals surface area contributed by atoms with Crippen molar-refractivity contribution >= 4 is 28.6 Å². The van der Waals surface area contributed by atoms with Crippen LogP contribution < -0.4 is 5.32 Å². The number of piperazine rings is 1. The van der Waals surface area contributed by atoms with Crippen LogP contribution in [-0.4, -0.2) is 78.0 Å². The molecule has 2 aromatic carbocycles. The maximum Gasteiger partial charge on any atom is 0.350 e. The molecule has 43 heavy (non-hydrogen) atoms. The summed E-state index contributed by atoms with van der Waals surface area (Å²) in [5, 5.41) is 13.8. The van der Waals surface area contributed by atoms with Crippen LogP contribution in [0.25, 0.3) is 22.6 Å². The number of nitrogens with zero attached hydrogens (tertiary/aromatic N) is 8. The van der Waals surface area contributed by atoms with Gasteiger partial charge >= 0.3 is 6.55 Å². The minimum atomic E-state index is -2.91. The normalized spacial score (nSPS) is 14.8. The number of carbonyl (C=O) groups is 2. The average molecular weight is 592 g/mol. The number of anilines is 1. The fourth-order valence-electron chi connectivity index (χ4n) is 5.00. The predicted octanol–water partition coefficient (Wildman–Crippen LogP) is 3.92. The number of oxazole rings is 1. The van der Waals surface area contributed by atoms with Gasteiger partial charge in [-0.25, -0.2) is 9.37 Å². The lowest BCUT2D eigenvalue weighted by Gasteiger charge is -2.38. The van der Waals surface area contributed by atoms with E-state index in [2.05, 4.69) is 30.7 Å². The largest absolute Gasteiger partial charge is 0.433 e. The second kappa shape index (κ2) is 11.6. The van der Waals surface area contributed by atoms with Gasteiger partial charge in [-0.3, -0.25) is 19.5 Å². The van der Waals surface area contributed by atoms with E-state index in [9.17, 15) is 22.8 Å². The summed E-state index contributed by atoms with van der Waals surface area (Å²) in [4.78, 5) is 37.3. The first kappa shape index (κ1) is 28.0. The number of nitrogens with one attached hydrogen (secondary N) is 1. The quantitative estimate of drug-likeness (QED) is 0.299. The smallest absolute Gasteiger partial charge is 0.350 e. The molecule has 0 bridgehead atoms. The first-order chi connectivity index (χ1) is 20.8. The molecule has 2 amide bonds. The van der Waals surface area contributed by atoms with Gasteiger partial charge in [-0.05, 0) is 29.0 Å². The van der Waals surface area contributed by atoms with E-state index in [1.165, 1.54) is 25.3 Å². The molecule has 220 valence electrons. The topological polar surface area (TPSA) is 135 Å². The number of benzene rings is 2. The molecule has 1 aliphatic heterocycles. The lowest BCUT2D eigenvalue weighted by atomic mass is 10.0. The summed E-state index contributed by atoms with van der Waals surface area (Å²) < 4.78 is 46.6. The number of rotatable bonds is 7. The van der Waals surface area contributed by atoms with E-state index in [-0.39, 0.29) is 50.8 Å². The Hall–Kier alpha value is -5.18. The molecule has 0 saturated carbocycles. The Morgan fingerprint density at radius 1 is 1.02 bits per heavy atom. The molecule has 0 aliphatic carbocycles. The molecule has 1 unspecified atom stereocenters. The summed E-state index contributed by atoms with van der Waals surface area (Å²) in [6, 6.07) is 14.5. The molecular formula is C28H24F3N9O3. The molecule has 0 spiro atoms. The zero-order valence-electron chi connectivity index (χ0n) is 22.7. The lowest BCUT2D eigenvalue weighted by Crippen LogP contribution is -2.50. The van der Waals surface area contributed by atoms with Gasteiger partial charge in [0.05, 0.1) is 6.04 Å². The number of pyridine rings is 1. The van der Waals surface area contributed by atoms with Gasteiger partial charge in [-0.15, -0.1) is 10.2 Å². The maximum absolute atomic E-state index is 14.6. The molecule has 1 aliphatic rings. The molecular weight excluding hydrogens is 567 g/mol. The lowest BCUT2D eigenvalue weighted by molar-refractivity contribution is -0.114. The summed E-state index contributed by atoms with van der Waals surface area (Å²) in [5.41, 5.74) is 1.74. The molecule has 3 aromatic heterocycles. The Kier molecular flexibility index (Phi) is 7.54. The Labute approximate surface area is 242 Å². The van der Waals surface area contributed by atoms with Crippen molar-refractivity contribution in [1.29, 1.82) is 0 Å². The van der Waals surface area contributed by atoms with Crippen molar-refractivity contribution < 1.29 is 27.2 Å².